The molecule has 0 unspecified atom stereocenters. The van der Waals surface area contributed by atoms with Gasteiger partial charge in [0.1, 0.15) is 0 Å². The van der Waals surface area contributed by atoms with Crippen molar-refractivity contribution in [2.24, 2.45) is 0 Å². The molecule has 3 heteroatoms. The zero-order valence-electron chi connectivity index (χ0n) is 6.81. The van der Waals surface area contributed by atoms with Gasteiger partial charge >= 0.3 is 0 Å². The van der Waals surface area contributed by atoms with E-state index >= 15 is 0 Å². The normalized spacial score (nSPS) is 26.2. The van der Waals surface area contributed by atoms with Crippen LogP contribution >= 0.6 is 0 Å². The summed E-state index contributed by atoms with van der Waals surface area (Å²) < 4.78 is 0. The Bertz CT molecular complexity index is 119. The fourth-order valence-electron chi connectivity index (χ4n) is 1.43. The maximum Gasteiger partial charge on any atom is 0.0806 e. The molecule has 0 spiro atoms. The average Bonchev–Trinajstić information content (AvgIpc) is 2.66. The Morgan fingerprint density at radius 2 is 1.73 bits per heavy atom. The minimum Gasteiger partial charge on any atom is -0.284 e. The smallest absolute Gasteiger partial charge is 0.0806 e. The van der Waals surface area contributed by atoms with Crippen LogP contribution in [0.2, 0.25) is 0 Å². The number of hydrazine groups is 1. The lowest BCUT2D eigenvalue weighted by molar-refractivity contribution is -0.0460. The summed E-state index contributed by atoms with van der Waals surface area (Å²) in [6.45, 7) is 0. The van der Waals surface area contributed by atoms with Crippen molar-refractivity contribution in [1.29, 1.82) is 0 Å². The van der Waals surface area contributed by atoms with E-state index in [1.54, 1.807) is 0 Å². The first-order valence-electron chi connectivity index (χ1n) is 4.61. The van der Waals surface area contributed by atoms with E-state index in [-0.39, 0.29) is 0 Å². The first kappa shape index (κ1) is 7.53. The summed E-state index contributed by atoms with van der Waals surface area (Å²) in [6, 6.07) is 0.677. The molecule has 2 aliphatic carbocycles. The van der Waals surface area contributed by atoms with Crippen LogP contribution < -0.4 is 11.0 Å². The van der Waals surface area contributed by atoms with Gasteiger partial charge in [0.15, 0.2) is 0 Å². The van der Waals surface area contributed by atoms with E-state index in [4.69, 9.17) is 4.84 Å². The first-order valence-corrected chi connectivity index (χ1v) is 4.61. The predicted octanol–water partition coefficient (Wildman–Crippen LogP) is 1.12. The van der Waals surface area contributed by atoms with Crippen molar-refractivity contribution in [2.45, 2.75) is 50.7 Å². The first-order chi connectivity index (χ1) is 5.45. The van der Waals surface area contributed by atoms with Gasteiger partial charge < -0.3 is 0 Å². The molecule has 64 valence electrons. The molecule has 2 aliphatic rings. The van der Waals surface area contributed by atoms with Gasteiger partial charge in [0.25, 0.3) is 0 Å². The van der Waals surface area contributed by atoms with Crippen molar-refractivity contribution in [3.63, 3.8) is 0 Å². The van der Waals surface area contributed by atoms with E-state index in [1.807, 2.05) is 0 Å². The molecule has 3 nitrogen and oxygen atoms in total. The number of nitrogens with one attached hydrogen (secondary N) is 2. The molecule has 2 fully saturated rings. The summed E-state index contributed by atoms with van der Waals surface area (Å²) in [6.07, 6.45) is 8.15. The molecular formula is C8H16N2O. The van der Waals surface area contributed by atoms with Gasteiger partial charge in [0, 0.05) is 6.04 Å². The van der Waals surface area contributed by atoms with Crippen LogP contribution in [0.5, 0.6) is 0 Å². The summed E-state index contributed by atoms with van der Waals surface area (Å²) in [7, 11) is 0. The predicted molar refractivity (Wildman–Crippen MR) is 42.6 cm³/mol. The Labute approximate surface area is 67.4 Å². The van der Waals surface area contributed by atoms with E-state index < -0.39 is 0 Å². The quantitative estimate of drug-likeness (QED) is 0.598. The third kappa shape index (κ3) is 2.43. The molecule has 0 heterocycles. The van der Waals surface area contributed by atoms with Crippen molar-refractivity contribution in [2.75, 3.05) is 0 Å². The molecule has 2 N–H and O–H groups in total. The molecule has 0 amide bonds. The number of rotatable bonds is 4. The molecule has 0 saturated heterocycles. The van der Waals surface area contributed by atoms with Gasteiger partial charge in [-0.05, 0) is 25.7 Å². The summed E-state index contributed by atoms with van der Waals surface area (Å²) in [4.78, 5) is 5.39. The van der Waals surface area contributed by atoms with Crippen LogP contribution in [0.1, 0.15) is 38.5 Å². The summed E-state index contributed by atoms with van der Waals surface area (Å²) >= 11 is 0. The van der Waals surface area contributed by atoms with E-state index in [2.05, 4.69) is 11.0 Å². The Balaban J connectivity index is 1.51. The third-order valence-corrected chi connectivity index (χ3v) is 2.37. The topological polar surface area (TPSA) is 33.3 Å². The Hall–Kier alpha value is -0.120. The maximum atomic E-state index is 5.39. The van der Waals surface area contributed by atoms with Crippen molar-refractivity contribution in [3.05, 3.63) is 0 Å². The molecule has 0 aromatic rings. The lowest BCUT2D eigenvalue weighted by atomic mass is 10.3. The van der Waals surface area contributed by atoms with Crippen molar-refractivity contribution in [1.82, 2.24) is 11.0 Å². The van der Waals surface area contributed by atoms with Crippen molar-refractivity contribution in [3.8, 4) is 0 Å². The molecule has 0 bridgehead atoms. The van der Waals surface area contributed by atoms with Crippen molar-refractivity contribution < 1.29 is 4.84 Å². The van der Waals surface area contributed by atoms with Crippen LogP contribution in [-0.2, 0) is 4.84 Å². The molecule has 11 heavy (non-hydrogen) atoms. The highest BCUT2D eigenvalue weighted by atomic mass is 16.7. The molecule has 0 aliphatic heterocycles. The molecular weight excluding hydrogens is 140 g/mol. The Morgan fingerprint density at radius 3 is 2.36 bits per heavy atom. The molecule has 2 rings (SSSR count). The Kier molecular flexibility index (Phi) is 2.41. The fourth-order valence-corrected chi connectivity index (χ4v) is 1.43. The van der Waals surface area contributed by atoms with Crippen molar-refractivity contribution >= 4 is 0 Å². The third-order valence-electron chi connectivity index (χ3n) is 2.37. The standard InChI is InChI=1S/C8H16N2O/c1-2-4-8(3-1)11-10-9-7-5-6-7/h7-10H,1-6H2. The zero-order chi connectivity index (χ0) is 7.52. The van der Waals surface area contributed by atoms with Crippen LogP contribution in [0.3, 0.4) is 0 Å². The van der Waals surface area contributed by atoms with Gasteiger partial charge in [-0.25, -0.2) is 5.43 Å². The lowest BCUT2D eigenvalue weighted by Gasteiger charge is -2.11. The monoisotopic (exact) mass is 156 g/mol. The van der Waals surface area contributed by atoms with Gasteiger partial charge in [-0.3, -0.25) is 4.84 Å². The van der Waals surface area contributed by atoms with Gasteiger partial charge in [0.2, 0.25) is 0 Å². The average molecular weight is 156 g/mol. The summed E-state index contributed by atoms with van der Waals surface area (Å²) in [5.41, 5.74) is 5.95. The molecule has 0 aromatic heterocycles. The van der Waals surface area contributed by atoms with Crippen LogP contribution in [-0.4, -0.2) is 12.1 Å². The van der Waals surface area contributed by atoms with Crippen LogP contribution in [0, 0.1) is 0 Å². The molecule has 0 aromatic carbocycles. The second kappa shape index (κ2) is 3.52. The largest absolute Gasteiger partial charge is 0.284 e. The number of hydrogen-bond acceptors (Lipinski definition) is 3. The van der Waals surface area contributed by atoms with Gasteiger partial charge in [-0.2, -0.15) is 0 Å². The fraction of sp³-hybridized carbons (Fsp3) is 1.00. The van der Waals surface area contributed by atoms with Crippen LogP contribution in [0.4, 0.5) is 0 Å². The summed E-state index contributed by atoms with van der Waals surface area (Å²) in [5, 5.41) is 0. The highest BCUT2D eigenvalue weighted by molar-refractivity contribution is 4.78. The summed E-state index contributed by atoms with van der Waals surface area (Å²) in [5.74, 6) is 0. The van der Waals surface area contributed by atoms with E-state index in [0.29, 0.717) is 12.1 Å². The second-order valence-electron chi connectivity index (χ2n) is 3.54. The lowest BCUT2D eigenvalue weighted by Crippen LogP contribution is -2.36. The SMILES string of the molecule is C1CCC(ONNC2CC2)C1. The van der Waals surface area contributed by atoms with E-state index in [1.165, 1.54) is 38.5 Å². The van der Waals surface area contributed by atoms with Gasteiger partial charge in [0.05, 0.1) is 6.10 Å². The molecule has 0 radical (unpaired) electrons. The highest BCUT2D eigenvalue weighted by Gasteiger charge is 2.21. The van der Waals surface area contributed by atoms with E-state index in [9.17, 15) is 0 Å². The number of hydrogen-bond donors (Lipinski definition) is 2. The maximum absolute atomic E-state index is 5.39. The Morgan fingerprint density at radius 1 is 1.00 bits per heavy atom. The van der Waals surface area contributed by atoms with E-state index in [0.717, 1.165) is 0 Å². The van der Waals surface area contributed by atoms with Gasteiger partial charge in [-0.1, -0.05) is 12.8 Å². The molecule has 2 saturated carbocycles. The highest BCUT2D eigenvalue weighted by Crippen LogP contribution is 2.20. The van der Waals surface area contributed by atoms with Gasteiger partial charge in [-0.15, -0.1) is 5.59 Å². The zero-order valence-corrected chi connectivity index (χ0v) is 6.81. The molecule has 0 atom stereocenters. The minimum atomic E-state index is 0.459. The second-order valence-corrected chi connectivity index (χ2v) is 3.54. The minimum absolute atomic E-state index is 0.459. The van der Waals surface area contributed by atoms with Crippen LogP contribution in [0.25, 0.3) is 0 Å². The van der Waals surface area contributed by atoms with Crippen LogP contribution in [0.15, 0.2) is 0 Å².